The van der Waals surface area contributed by atoms with Crippen LogP contribution in [0.25, 0.3) is 0 Å². The van der Waals surface area contributed by atoms with Gasteiger partial charge in [-0.25, -0.2) is 4.79 Å². The number of rotatable bonds is 9. The molecule has 0 radical (unpaired) electrons. The van der Waals surface area contributed by atoms with Crippen molar-refractivity contribution in [3.8, 4) is 0 Å². The molecule has 3 saturated heterocycles. The number of aliphatic carboxylic acids is 2. The van der Waals surface area contributed by atoms with Crippen LogP contribution in [0, 0.1) is 50.2 Å². The Morgan fingerprint density at radius 2 is 1.35 bits per heavy atom. The van der Waals surface area contributed by atoms with Crippen molar-refractivity contribution < 1.29 is 89.1 Å². The van der Waals surface area contributed by atoms with Gasteiger partial charge in [0, 0.05) is 0 Å². The zero-order valence-corrected chi connectivity index (χ0v) is 38.7. The van der Waals surface area contributed by atoms with E-state index in [2.05, 4.69) is 54.5 Å². The molecule has 8 aliphatic rings. The molecule has 22 unspecified atom stereocenters. The molecule has 0 aromatic rings. The molecule has 18 nitrogen and oxygen atoms in total. The lowest BCUT2D eigenvalue weighted by Gasteiger charge is -2.71. The fourth-order valence-corrected chi connectivity index (χ4v) is 14.8. The number of carboxylic acids is 2. The van der Waals surface area contributed by atoms with Crippen molar-refractivity contribution in [1.29, 1.82) is 0 Å². The maximum absolute atomic E-state index is 13.2. The molecule has 10 N–H and O–H groups in total. The predicted octanol–water partition coefficient (Wildman–Crippen LogP) is 1.44. The van der Waals surface area contributed by atoms with Crippen molar-refractivity contribution in [2.24, 2.45) is 50.2 Å². The Hall–Kier alpha value is -1.88. The van der Waals surface area contributed by atoms with E-state index in [1.165, 1.54) is 5.57 Å². The molecule has 0 aromatic carbocycles. The number of carboxylic acid groups (broad SMARTS) is 2. The van der Waals surface area contributed by atoms with E-state index in [9.17, 15) is 60.7 Å². The Morgan fingerprint density at radius 1 is 0.692 bits per heavy atom. The summed E-state index contributed by atoms with van der Waals surface area (Å²) in [6.45, 7) is 14.7. The second-order valence-electron chi connectivity index (χ2n) is 23.1. The lowest BCUT2D eigenvalue weighted by Crippen LogP contribution is -2.68. The minimum atomic E-state index is -2.05. The van der Waals surface area contributed by atoms with Gasteiger partial charge in [0.25, 0.3) is 0 Å². The van der Waals surface area contributed by atoms with Crippen molar-refractivity contribution in [2.45, 2.75) is 205 Å². The van der Waals surface area contributed by atoms with E-state index in [0.717, 1.165) is 44.9 Å². The molecular weight excluding hydrogens is 852 g/mol. The zero-order chi connectivity index (χ0) is 47.6. The van der Waals surface area contributed by atoms with Crippen LogP contribution >= 0.6 is 0 Å². The molecule has 18 heteroatoms. The number of ether oxygens (including phenoxy) is 6. The fourth-order valence-electron chi connectivity index (χ4n) is 14.8. The molecule has 65 heavy (non-hydrogen) atoms. The maximum atomic E-state index is 13.2. The highest BCUT2D eigenvalue weighted by Crippen LogP contribution is 2.76. The first-order valence-corrected chi connectivity index (χ1v) is 23.7. The van der Waals surface area contributed by atoms with E-state index >= 15 is 0 Å². The van der Waals surface area contributed by atoms with E-state index < -0.39 is 128 Å². The lowest BCUT2D eigenvalue weighted by atomic mass is 9.33. The van der Waals surface area contributed by atoms with Gasteiger partial charge in [-0.3, -0.25) is 4.79 Å². The molecule has 0 amide bonds. The molecular formula is C47H74O18. The van der Waals surface area contributed by atoms with Crippen LogP contribution in [0.1, 0.15) is 113 Å². The van der Waals surface area contributed by atoms with E-state index in [1.807, 2.05) is 0 Å². The largest absolute Gasteiger partial charge is 0.481 e. The van der Waals surface area contributed by atoms with Gasteiger partial charge >= 0.3 is 11.9 Å². The first-order chi connectivity index (χ1) is 30.3. The first kappa shape index (κ1) is 49.5. The number of carbonyl (C=O) groups is 2. The van der Waals surface area contributed by atoms with Gasteiger partial charge in [-0.1, -0.05) is 60.1 Å². The number of fused-ring (bicyclic) bond motifs is 7. The van der Waals surface area contributed by atoms with Crippen molar-refractivity contribution in [1.82, 2.24) is 0 Å². The third-order valence-corrected chi connectivity index (χ3v) is 18.9. The quantitative estimate of drug-likeness (QED) is 0.116. The van der Waals surface area contributed by atoms with E-state index in [1.54, 1.807) is 0 Å². The summed E-state index contributed by atoms with van der Waals surface area (Å²) in [5, 5.41) is 106. The summed E-state index contributed by atoms with van der Waals surface area (Å²) in [6.07, 6.45) is -15.3. The van der Waals surface area contributed by atoms with Gasteiger partial charge in [0.2, 0.25) is 0 Å². The van der Waals surface area contributed by atoms with Gasteiger partial charge in [0.15, 0.2) is 25.0 Å². The number of hydrogen-bond acceptors (Lipinski definition) is 16. The SMILES string of the molecule is CC1(C)CCC2(C(=O)O)CCC3(C)C(=CCC4C5(C)CCC(OC6OC(C(=O)O)C(O)C(OC7OCC(O)C(O)C7O)C6OC6OC(CO)C(O)C(O)C6O)C(C)(C)C5CCC43C)C2C1. The summed E-state index contributed by atoms with van der Waals surface area (Å²) in [5.74, 6) is -1.95. The maximum Gasteiger partial charge on any atom is 0.335 e. The summed E-state index contributed by atoms with van der Waals surface area (Å²) in [6, 6.07) is 0. The van der Waals surface area contributed by atoms with Crippen molar-refractivity contribution in [3.05, 3.63) is 11.6 Å². The topological polar surface area (TPSA) is 292 Å². The molecule has 22 atom stereocenters. The van der Waals surface area contributed by atoms with Gasteiger partial charge in [-0.15, -0.1) is 0 Å². The van der Waals surface area contributed by atoms with E-state index in [-0.39, 0.29) is 39.4 Å². The molecule has 0 bridgehead atoms. The van der Waals surface area contributed by atoms with Crippen LogP contribution in [-0.4, -0.2) is 168 Å². The second-order valence-corrected chi connectivity index (χ2v) is 23.1. The third-order valence-electron chi connectivity index (χ3n) is 18.9. The number of allylic oxidation sites excluding steroid dienone is 2. The van der Waals surface area contributed by atoms with Gasteiger partial charge in [0.05, 0.1) is 24.7 Å². The molecule has 3 heterocycles. The van der Waals surface area contributed by atoms with Crippen LogP contribution in [0.4, 0.5) is 0 Å². The smallest absolute Gasteiger partial charge is 0.335 e. The summed E-state index contributed by atoms with van der Waals surface area (Å²) in [5.41, 5.74) is -0.489. The monoisotopic (exact) mass is 926 g/mol. The van der Waals surface area contributed by atoms with Crippen LogP contribution in [0.3, 0.4) is 0 Å². The summed E-state index contributed by atoms with van der Waals surface area (Å²) >= 11 is 0. The molecule has 5 aliphatic carbocycles. The Balaban J connectivity index is 1.10. The highest BCUT2D eigenvalue weighted by molar-refractivity contribution is 5.76. The Labute approximate surface area is 380 Å². The van der Waals surface area contributed by atoms with Crippen LogP contribution in [0.15, 0.2) is 11.6 Å². The van der Waals surface area contributed by atoms with Crippen LogP contribution < -0.4 is 0 Å². The molecule has 0 spiro atoms. The lowest BCUT2D eigenvalue weighted by molar-refractivity contribution is -0.392. The van der Waals surface area contributed by atoms with Crippen molar-refractivity contribution in [3.63, 3.8) is 0 Å². The zero-order valence-electron chi connectivity index (χ0n) is 38.7. The predicted molar refractivity (Wildman–Crippen MR) is 225 cm³/mol. The fraction of sp³-hybridized carbons (Fsp3) is 0.915. The highest BCUT2D eigenvalue weighted by atomic mass is 16.8. The molecule has 3 aliphatic heterocycles. The minimum Gasteiger partial charge on any atom is -0.481 e. The Kier molecular flexibility index (Phi) is 13.1. The minimum absolute atomic E-state index is 0.0226. The van der Waals surface area contributed by atoms with Gasteiger partial charge < -0.3 is 79.5 Å². The van der Waals surface area contributed by atoms with Crippen LogP contribution in [0.5, 0.6) is 0 Å². The summed E-state index contributed by atoms with van der Waals surface area (Å²) in [7, 11) is 0. The molecule has 0 aromatic heterocycles. The molecule has 7 fully saturated rings. The van der Waals surface area contributed by atoms with Crippen molar-refractivity contribution in [2.75, 3.05) is 13.2 Å². The molecule has 370 valence electrons. The standard InChI is InChI=1S/C47H74O18/c1-42(2)14-16-47(41(58)59)17-15-45(6)21(22(47)18-42)8-9-26-44(5)12-11-27(43(3,4)25(44)10-13-46(26,45)7)62-40-36(65-39-32(54)30(52)29(51)24(19-48)61-39)34(33(55)35(64-40)37(56)57)63-38-31(53)28(50)23(49)20-60-38/h8,22-36,38-40,48-55H,9-20H2,1-7H3,(H,56,57)(H,58,59). The van der Waals surface area contributed by atoms with Gasteiger partial charge in [-0.2, -0.15) is 0 Å². The second kappa shape index (κ2) is 17.2. The Morgan fingerprint density at radius 3 is 2.02 bits per heavy atom. The van der Waals surface area contributed by atoms with Crippen LogP contribution in [0.2, 0.25) is 0 Å². The molecule has 8 rings (SSSR count). The highest BCUT2D eigenvalue weighted by Gasteiger charge is 2.70. The average molecular weight is 927 g/mol. The van der Waals surface area contributed by atoms with Crippen LogP contribution in [-0.2, 0) is 38.0 Å². The van der Waals surface area contributed by atoms with Gasteiger partial charge in [-0.05, 0) is 109 Å². The Bertz CT molecular complexity index is 1820. The van der Waals surface area contributed by atoms with Gasteiger partial charge in [0.1, 0.15) is 61.0 Å². The number of hydrogen-bond donors (Lipinski definition) is 10. The average Bonchev–Trinajstić information content (AvgIpc) is 3.23. The molecule has 4 saturated carbocycles. The van der Waals surface area contributed by atoms with Crippen molar-refractivity contribution >= 4 is 11.9 Å². The van der Waals surface area contributed by atoms with E-state index in [0.29, 0.717) is 19.3 Å². The summed E-state index contributed by atoms with van der Waals surface area (Å²) in [4.78, 5) is 25.9. The number of aliphatic hydroxyl groups is 8. The third kappa shape index (κ3) is 7.76. The summed E-state index contributed by atoms with van der Waals surface area (Å²) < 4.78 is 36.3. The number of aliphatic hydroxyl groups excluding tert-OH is 8. The van der Waals surface area contributed by atoms with E-state index in [4.69, 9.17) is 28.4 Å². The normalized spacial score (nSPS) is 52.8. The first-order valence-electron chi connectivity index (χ1n) is 23.7.